The van der Waals surface area contributed by atoms with Crippen LogP contribution in [0.2, 0.25) is 0 Å². The summed E-state index contributed by atoms with van der Waals surface area (Å²) in [5.41, 5.74) is 38.4. The molecule has 4 aromatic carbocycles. The van der Waals surface area contributed by atoms with Crippen molar-refractivity contribution in [2.75, 3.05) is 0 Å². The third kappa shape index (κ3) is 6.73. The first-order chi connectivity index (χ1) is 29.1. The number of rotatable bonds is 4. The molecule has 0 fully saturated rings. The van der Waals surface area contributed by atoms with Crippen LogP contribution in [0.5, 0.6) is 0 Å². The molecule has 9 rings (SSSR count). The zero-order chi connectivity index (χ0) is 43.2. The maximum absolute atomic E-state index is 7.25. The number of benzene rings is 4. The van der Waals surface area contributed by atoms with Gasteiger partial charge in [-0.1, -0.05) is 70.8 Å². The van der Waals surface area contributed by atoms with Crippen LogP contribution in [0.4, 0.5) is 0 Å². The zero-order valence-electron chi connectivity index (χ0n) is 37.6. The predicted octanol–water partition coefficient (Wildman–Crippen LogP) is 14.3. The number of aromatic amines is 2. The van der Waals surface area contributed by atoms with Crippen molar-refractivity contribution in [3.05, 3.63) is 162 Å². The van der Waals surface area contributed by atoms with Crippen molar-refractivity contribution in [1.29, 1.82) is 0 Å². The van der Waals surface area contributed by atoms with E-state index < -0.39 is 0 Å². The Morgan fingerprint density at radius 3 is 0.951 bits per heavy atom. The lowest BCUT2D eigenvalue weighted by atomic mass is 9.92. The summed E-state index contributed by atoms with van der Waals surface area (Å²) in [7, 11) is 0. The highest BCUT2D eigenvalue weighted by molar-refractivity contribution is 6.03. The number of aromatic nitrogens is 4. The number of nitrogens with zero attached hydrogens (tertiary/aromatic N) is 2. The third-order valence-electron chi connectivity index (χ3n) is 12.6. The average Bonchev–Trinajstić information content (AvgIpc) is 3.99. The molecule has 3 aromatic heterocycles. The van der Waals surface area contributed by atoms with Crippen molar-refractivity contribution in [3.63, 3.8) is 0 Å². The summed E-state index contributed by atoms with van der Waals surface area (Å²) >= 11 is 0. The fourth-order valence-electron chi connectivity index (χ4n) is 10.7. The maximum atomic E-state index is 7.25. The minimum Gasteiger partial charge on any atom is -0.397 e. The van der Waals surface area contributed by atoms with Gasteiger partial charge in [0, 0.05) is 44.3 Å². The number of nitrogens with two attached hydrogens (primary N) is 1. The van der Waals surface area contributed by atoms with Crippen molar-refractivity contribution in [2.45, 2.75) is 83.1 Å². The lowest BCUT2D eigenvalue weighted by Crippen LogP contribution is -2.00. The van der Waals surface area contributed by atoms with Gasteiger partial charge in [-0.3, -0.25) is 0 Å². The molecular formula is C56H55N5. The fourth-order valence-corrected chi connectivity index (χ4v) is 10.7. The van der Waals surface area contributed by atoms with E-state index in [2.05, 4.69) is 184 Å². The lowest BCUT2D eigenvalue weighted by molar-refractivity contribution is 1.26. The van der Waals surface area contributed by atoms with Crippen LogP contribution in [0.15, 0.2) is 72.8 Å². The molecular weight excluding hydrogens is 743 g/mol. The maximum Gasteiger partial charge on any atom is 0.0966 e. The van der Waals surface area contributed by atoms with Crippen LogP contribution in [-0.2, 0) is 0 Å². The molecule has 0 unspecified atom stereocenters. The summed E-state index contributed by atoms with van der Waals surface area (Å²) in [4.78, 5) is 19.2. The highest BCUT2D eigenvalue weighted by Gasteiger charge is 2.25. The Labute approximate surface area is 360 Å². The predicted molar refractivity (Wildman–Crippen MR) is 261 cm³/mol. The van der Waals surface area contributed by atoms with Gasteiger partial charge in [0.05, 0.1) is 28.5 Å². The minimum absolute atomic E-state index is 0.631. The van der Waals surface area contributed by atoms with E-state index >= 15 is 0 Å². The van der Waals surface area contributed by atoms with Gasteiger partial charge in [-0.15, -0.1) is 0 Å². The molecule has 4 N–H and O–H groups in total. The summed E-state index contributed by atoms with van der Waals surface area (Å²) in [6.07, 6.45) is 6.47. The van der Waals surface area contributed by atoms with E-state index in [-0.39, 0.29) is 0 Å². The van der Waals surface area contributed by atoms with Gasteiger partial charge in [-0.05, 0) is 192 Å². The first-order valence-corrected chi connectivity index (χ1v) is 21.4. The Hall–Kier alpha value is -6.72. The number of nitrogens with one attached hydrogen (secondary N) is 2. The monoisotopic (exact) mass is 797 g/mol. The first kappa shape index (κ1) is 39.7. The van der Waals surface area contributed by atoms with Crippen LogP contribution in [0, 0.1) is 83.1 Å². The normalized spacial score (nSPS) is 12.4. The van der Waals surface area contributed by atoms with Gasteiger partial charge in [0.15, 0.2) is 0 Å². The molecule has 5 heterocycles. The topological polar surface area (TPSA) is 83.4 Å². The average molecular weight is 798 g/mol. The van der Waals surface area contributed by atoms with E-state index in [9.17, 15) is 0 Å². The van der Waals surface area contributed by atoms with Crippen molar-refractivity contribution >= 4 is 46.0 Å². The molecule has 0 atom stereocenters. The second-order valence-corrected chi connectivity index (χ2v) is 17.8. The summed E-state index contributed by atoms with van der Waals surface area (Å²) in [5.74, 6) is 0. The van der Waals surface area contributed by atoms with E-state index in [1.54, 1.807) is 0 Å². The largest absolute Gasteiger partial charge is 0.397 e. The fraction of sp³-hybridized carbons (Fsp3) is 0.214. The molecule has 0 amide bonds. The van der Waals surface area contributed by atoms with Gasteiger partial charge >= 0.3 is 0 Å². The Balaban J connectivity index is 1.56. The van der Waals surface area contributed by atoms with E-state index in [0.29, 0.717) is 5.70 Å². The summed E-state index contributed by atoms with van der Waals surface area (Å²) in [6.45, 7) is 26.3. The molecule has 2 aliphatic heterocycles. The smallest absolute Gasteiger partial charge is 0.0966 e. The van der Waals surface area contributed by atoms with E-state index in [0.717, 1.165) is 78.2 Å². The molecule has 0 saturated carbocycles. The van der Waals surface area contributed by atoms with E-state index in [1.807, 2.05) is 0 Å². The van der Waals surface area contributed by atoms with Crippen molar-refractivity contribution < 1.29 is 0 Å². The highest BCUT2D eigenvalue weighted by Crippen LogP contribution is 2.43. The van der Waals surface area contributed by atoms with Crippen LogP contribution >= 0.6 is 0 Å². The summed E-state index contributed by atoms with van der Waals surface area (Å²) in [6, 6.07) is 27.0. The van der Waals surface area contributed by atoms with E-state index in [1.165, 1.54) is 77.9 Å². The molecule has 8 bridgehead atoms. The number of H-pyrrole nitrogens is 2. The van der Waals surface area contributed by atoms with Gasteiger partial charge in [-0.25, -0.2) is 9.97 Å². The molecule has 0 radical (unpaired) electrons. The molecule has 0 saturated heterocycles. The van der Waals surface area contributed by atoms with Crippen LogP contribution in [0.25, 0.3) is 90.5 Å². The number of hydrogen-bond acceptors (Lipinski definition) is 3. The van der Waals surface area contributed by atoms with Gasteiger partial charge in [0.25, 0.3) is 0 Å². The second-order valence-electron chi connectivity index (χ2n) is 17.8. The third-order valence-corrected chi connectivity index (χ3v) is 12.6. The first-order valence-electron chi connectivity index (χ1n) is 21.4. The Morgan fingerprint density at radius 2 is 0.623 bits per heavy atom. The lowest BCUT2D eigenvalue weighted by Gasteiger charge is -2.15. The van der Waals surface area contributed by atoms with E-state index in [4.69, 9.17) is 15.7 Å². The van der Waals surface area contributed by atoms with Crippen LogP contribution < -0.4 is 5.73 Å². The van der Waals surface area contributed by atoms with Crippen molar-refractivity contribution in [3.8, 4) is 44.5 Å². The molecule has 5 nitrogen and oxygen atoms in total. The standard InChI is InChI=1S/C56H55N5/c1-28-19-32(5)48(33(6)20-28)52-41-13-14-42(58-41)53(49-34(7)21-29(2)22-35(49)8)44-17-18-46(60-44)55(51-38(11)25-31(4)26-39(51)12)56-40(57)27-47(61-56)54(45-16-15-43(52)59-45)50-36(9)23-30(3)24-37(50)10/h13-27,59-60H,57H2,1-12H3. The Morgan fingerprint density at radius 1 is 0.344 bits per heavy atom. The summed E-state index contributed by atoms with van der Waals surface area (Å²) < 4.78 is 0. The number of aryl methyl sites for hydroxylation is 12. The molecule has 2 aliphatic rings. The van der Waals surface area contributed by atoms with Crippen molar-refractivity contribution in [1.82, 2.24) is 19.9 Å². The minimum atomic E-state index is 0.631. The van der Waals surface area contributed by atoms with Gasteiger partial charge in [0.1, 0.15) is 0 Å². The second kappa shape index (κ2) is 14.8. The van der Waals surface area contributed by atoms with Crippen LogP contribution in [0.3, 0.4) is 0 Å². The van der Waals surface area contributed by atoms with Gasteiger partial charge in [-0.2, -0.15) is 0 Å². The molecule has 304 valence electrons. The number of fused-ring (bicyclic) bond motifs is 8. The van der Waals surface area contributed by atoms with Crippen molar-refractivity contribution in [2.24, 2.45) is 5.73 Å². The molecule has 0 aliphatic carbocycles. The quantitative estimate of drug-likeness (QED) is 0.166. The highest BCUT2D eigenvalue weighted by atomic mass is 14.8. The SMILES string of the molecule is Cc1cc(C)c(-c2c3nc(c(-c4c(C)cc(C)cc4C)c4ccc([nH]4)c(-c4c(C)cc(C)cc4C)c4nc(c(-c5c(C)cc(C)cc5C)c5ccc2[nH]5)C=C4N)C=C3)c(C)c1. The number of hydrogen-bond donors (Lipinski definition) is 3. The zero-order valence-corrected chi connectivity index (χ0v) is 37.6. The molecule has 5 heteroatoms. The molecule has 61 heavy (non-hydrogen) atoms. The van der Waals surface area contributed by atoms with Crippen LogP contribution in [0.1, 0.15) is 89.5 Å². The van der Waals surface area contributed by atoms with Gasteiger partial charge < -0.3 is 15.7 Å². The molecule has 7 aromatic rings. The van der Waals surface area contributed by atoms with Gasteiger partial charge in [0.2, 0.25) is 0 Å². The Kier molecular flexibility index (Phi) is 9.62. The molecule has 0 spiro atoms. The summed E-state index contributed by atoms with van der Waals surface area (Å²) in [5, 5.41) is 0. The van der Waals surface area contributed by atoms with Crippen LogP contribution in [-0.4, -0.2) is 19.9 Å². The Bertz CT molecular complexity index is 3180.